The van der Waals surface area contributed by atoms with E-state index >= 15 is 0 Å². The first-order valence-electron chi connectivity index (χ1n) is 12.3. The number of fused-ring (bicyclic) bond motifs is 1. The summed E-state index contributed by atoms with van der Waals surface area (Å²) in [5.41, 5.74) is 3.65. The maximum Gasteiger partial charge on any atom is 0.439 e. The number of alkyl halides is 3. The zero-order valence-corrected chi connectivity index (χ0v) is 21.8. The van der Waals surface area contributed by atoms with E-state index < -0.39 is 17.5 Å². The first-order chi connectivity index (χ1) is 18.8. The SMILES string of the molecule is Cc1cc(CCN(CCOCc2ccccc2)c2nc3ccc(C(F)(F)F)cc3s2)ccc1-c1noc(=O)[nH]1. The van der Waals surface area contributed by atoms with Crippen molar-refractivity contribution in [3.63, 3.8) is 0 Å². The number of benzene rings is 3. The summed E-state index contributed by atoms with van der Waals surface area (Å²) in [5, 5.41) is 4.39. The second-order valence-corrected chi connectivity index (χ2v) is 10.1. The third kappa shape index (κ3) is 6.55. The van der Waals surface area contributed by atoms with Crippen LogP contribution in [-0.4, -0.2) is 34.8 Å². The van der Waals surface area contributed by atoms with Crippen molar-refractivity contribution < 1.29 is 22.4 Å². The van der Waals surface area contributed by atoms with E-state index in [1.165, 1.54) is 17.4 Å². The lowest BCUT2D eigenvalue weighted by Gasteiger charge is -2.22. The fraction of sp³-hybridized carbons (Fsp3) is 0.250. The molecule has 2 heterocycles. The monoisotopic (exact) mass is 554 g/mol. The number of anilines is 1. The average Bonchev–Trinajstić information content (AvgIpc) is 3.54. The molecule has 0 bridgehead atoms. The number of rotatable bonds is 10. The van der Waals surface area contributed by atoms with Crippen molar-refractivity contribution >= 4 is 26.7 Å². The van der Waals surface area contributed by atoms with Gasteiger partial charge < -0.3 is 9.64 Å². The summed E-state index contributed by atoms with van der Waals surface area (Å²) in [5.74, 6) is -0.245. The second kappa shape index (κ2) is 11.4. The summed E-state index contributed by atoms with van der Waals surface area (Å²) in [7, 11) is 0. The first-order valence-corrected chi connectivity index (χ1v) is 13.1. The van der Waals surface area contributed by atoms with Crippen LogP contribution in [0.15, 0.2) is 76.0 Å². The number of thiazole rings is 1. The fourth-order valence-electron chi connectivity index (χ4n) is 4.22. The van der Waals surface area contributed by atoms with Gasteiger partial charge >= 0.3 is 11.9 Å². The minimum absolute atomic E-state index is 0.369. The van der Waals surface area contributed by atoms with Gasteiger partial charge in [-0.2, -0.15) is 13.2 Å². The Bertz CT molecular complexity index is 1610. The molecule has 0 atom stereocenters. The fourth-order valence-corrected chi connectivity index (χ4v) is 5.28. The summed E-state index contributed by atoms with van der Waals surface area (Å²) >= 11 is 1.24. The lowest BCUT2D eigenvalue weighted by Crippen LogP contribution is -2.29. The van der Waals surface area contributed by atoms with Crippen LogP contribution in [0, 0.1) is 6.92 Å². The normalized spacial score (nSPS) is 11.8. The third-order valence-corrected chi connectivity index (χ3v) is 7.33. The molecule has 5 aromatic rings. The van der Waals surface area contributed by atoms with E-state index in [9.17, 15) is 18.0 Å². The standard InChI is InChI=1S/C28H25F3N4O3S/c1-18-15-19(7-9-22(18)25-33-27(36)38-34-25)11-12-35(13-14-37-17-20-5-3-2-4-6-20)26-32-23-10-8-21(28(29,30)31)16-24(23)39-26/h2-10,15-16H,11-14,17H2,1H3,(H,33,34,36). The van der Waals surface area contributed by atoms with Crippen molar-refractivity contribution in [1.82, 2.24) is 15.1 Å². The molecule has 3 aromatic carbocycles. The maximum absolute atomic E-state index is 13.2. The number of nitrogens with one attached hydrogen (secondary N) is 1. The minimum atomic E-state index is -4.41. The summed E-state index contributed by atoms with van der Waals surface area (Å²) in [4.78, 5) is 20.5. The highest BCUT2D eigenvalue weighted by Gasteiger charge is 2.31. The molecule has 0 saturated heterocycles. The molecule has 0 unspecified atom stereocenters. The van der Waals surface area contributed by atoms with Gasteiger partial charge in [-0.3, -0.25) is 9.51 Å². The summed E-state index contributed by atoms with van der Waals surface area (Å²) < 4.78 is 50.7. The van der Waals surface area contributed by atoms with E-state index in [0.717, 1.165) is 34.4 Å². The van der Waals surface area contributed by atoms with Gasteiger partial charge in [0.2, 0.25) is 0 Å². The van der Waals surface area contributed by atoms with Gasteiger partial charge in [0.15, 0.2) is 11.0 Å². The zero-order valence-electron chi connectivity index (χ0n) is 21.0. The molecule has 0 aliphatic carbocycles. The number of hydrogen-bond donors (Lipinski definition) is 1. The number of ether oxygens (including phenoxy) is 1. The Morgan fingerprint density at radius 2 is 1.85 bits per heavy atom. The molecule has 2 aromatic heterocycles. The molecule has 0 saturated carbocycles. The largest absolute Gasteiger partial charge is 0.439 e. The van der Waals surface area contributed by atoms with Crippen LogP contribution < -0.4 is 10.7 Å². The van der Waals surface area contributed by atoms with Gasteiger partial charge in [0.25, 0.3) is 0 Å². The first kappa shape index (κ1) is 26.6. The van der Waals surface area contributed by atoms with Crippen molar-refractivity contribution in [2.75, 3.05) is 24.6 Å². The van der Waals surface area contributed by atoms with Crippen LogP contribution in [0.5, 0.6) is 0 Å². The van der Waals surface area contributed by atoms with Crippen molar-refractivity contribution in [1.29, 1.82) is 0 Å². The average molecular weight is 555 g/mol. The van der Waals surface area contributed by atoms with Gasteiger partial charge in [-0.1, -0.05) is 65.0 Å². The van der Waals surface area contributed by atoms with E-state index in [2.05, 4.69) is 19.6 Å². The van der Waals surface area contributed by atoms with Crippen LogP contribution >= 0.6 is 11.3 Å². The minimum Gasteiger partial charge on any atom is -0.375 e. The van der Waals surface area contributed by atoms with Crippen LogP contribution in [0.4, 0.5) is 18.3 Å². The van der Waals surface area contributed by atoms with Crippen molar-refractivity contribution in [3.8, 4) is 11.4 Å². The van der Waals surface area contributed by atoms with Gasteiger partial charge in [0, 0.05) is 18.7 Å². The van der Waals surface area contributed by atoms with Crippen LogP contribution in [-0.2, 0) is 23.9 Å². The van der Waals surface area contributed by atoms with E-state index in [1.807, 2.05) is 60.4 Å². The molecule has 39 heavy (non-hydrogen) atoms. The summed E-state index contributed by atoms with van der Waals surface area (Å²) in [6.45, 7) is 3.92. The van der Waals surface area contributed by atoms with E-state index in [1.54, 1.807) is 0 Å². The molecule has 11 heteroatoms. The highest BCUT2D eigenvalue weighted by atomic mass is 32.1. The van der Waals surface area contributed by atoms with E-state index in [4.69, 9.17) is 4.74 Å². The Morgan fingerprint density at radius 1 is 1.03 bits per heavy atom. The highest BCUT2D eigenvalue weighted by Crippen LogP contribution is 2.35. The zero-order chi connectivity index (χ0) is 27.4. The molecular weight excluding hydrogens is 529 g/mol. The Labute approximate surface area is 225 Å². The number of aromatic amines is 1. The number of aryl methyl sites for hydroxylation is 1. The number of nitrogens with zero attached hydrogens (tertiary/aromatic N) is 3. The predicted molar refractivity (Wildman–Crippen MR) is 144 cm³/mol. The van der Waals surface area contributed by atoms with E-state index in [0.29, 0.717) is 53.9 Å². The Morgan fingerprint density at radius 3 is 2.56 bits per heavy atom. The number of hydrogen-bond acceptors (Lipinski definition) is 7. The van der Waals surface area contributed by atoms with Crippen molar-refractivity contribution in [2.45, 2.75) is 26.1 Å². The predicted octanol–water partition coefficient (Wildman–Crippen LogP) is 6.23. The van der Waals surface area contributed by atoms with Gasteiger partial charge in [0.1, 0.15) is 0 Å². The van der Waals surface area contributed by atoms with Crippen LogP contribution in [0.1, 0.15) is 22.3 Å². The molecule has 7 nitrogen and oxygen atoms in total. The van der Waals surface area contributed by atoms with Crippen molar-refractivity contribution in [3.05, 3.63) is 99.5 Å². The topological polar surface area (TPSA) is 84.2 Å². The quantitative estimate of drug-likeness (QED) is 0.206. The summed E-state index contributed by atoms with van der Waals surface area (Å²) in [6.07, 6.45) is -3.74. The molecule has 202 valence electrons. The maximum atomic E-state index is 13.2. The summed E-state index contributed by atoms with van der Waals surface area (Å²) in [6, 6.07) is 19.3. The molecule has 0 amide bonds. The number of H-pyrrole nitrogens is 1. The van der Waals surface area contributed by atoms with Gasteiger partial charge in [-0.25, -0.2) is 9.78 Å². The molecule has 1 N–H and O–H groups in total. The van der Waals surface area contributed by atoms with Gasteiger partial charge in [0.05, 0.1) is 29.0 Å². The van der Waals surface area contributed by atoms with Crippen LogP contribution in [0.3, 0.4) is 0 Å². The van der Waals surface area contributed by atoms with Gasteiger partial charge in [-0.05, 0) is 48.2 Å². The van der Waals surface area contributed by atoms with Crippen LogP contribution in [0.2, 0.25) is 0 Å². The third-order valence-electron chi connectivity index (χ3n) is 6.25. The smallest absolute Gasteiger partial charge is 0.375 e. The molecule has 0 aliphatic rings. The lowest BCUT2D eigenvalue weighted by atomic mass is 10.0. The molecular formula is C28H25F3N4O3S. The Hall–Kier alpha value is -3.96. The molecule has 0 fully saturated rings. The van der Waals surface area contributed by atoms with Crippen molar-refractivity contribution in [2.24, 2.45) is 0 Å². The van der Waals surface area contributed by atoms with E-state index in [-0.39, 0.29) is 0 Å². The molecule has 0 aliphatic heterocycles. The Kier molecular flexibility index (Phi) is 7.80. The lowest BCUT2D eigenvalue weighted by molar-refractivity contribution is -0.137. The second-order valence-electron chi connectivity index (χ2n) is 9.04. The number of aromatic nitrogens is 3. The van der Waals surface area contributed by atoms with Gasteiger partial charge in [-0.15, -0.1) is 0 Å². The number of halogens is 3. The molecule has 5 rings (SSSR count). The molecule has 0 spiro atoms. The molecule has 0 radical (unpaired) electrons. The highest BCUT2D eigenvalue weighted by molar-refractivity contribution is 7.22. The Balaban J connectivity index is 1.32. The van der Waals surface area contributed by atoms with Crippen LogP contribution in [0.25, 0.3) is 21.6 Å².